The summed E-state index contributed by atoms with van der Waals surface area (Å²) in [6, 6.07) is 3.72. The molecule has 0 atom stereocenters. The summed E-state index contributed by atoms with van der Waals surface area (Å²) in [7, 11) is 0. The van der Waals surface area contributed by atoms with Crippen molar-refractivity contribution in [2.75, 3.05) is 5.32 Å². The van der Waals surface area contributed by atoms with Gasteiger partial charge in [-0.3, -0.25) is 5.32 Å². The fourth-order valence-electron chi connectivity index (χ4n) is 0.744. The number of hydrogen-bond acceptors (Lipinski definition) is 1. The van der Waals surface area contributed by atoms with Crippen LogP contribution in [0.3, 0.4) is 0 Å². The van der Waals surface area contributed by atoms with E-state index in [2.05, 4.69) is 0 Å². The minimum Gasteiger partial charge on any atom is -0.296 e. The molecule has 0 spiro atoms. The Kier molecular flexibility index (Phi) is 2.93. The molecule has 0 bridgehead atoms. The van der Waals surface area contributed by atoms with Crippen molar-refractivity contribution in [1.29, 1.82) is 0 Å². The molecule has 1 nitrogen and oxygen atoms in total. The Morgan fingerprint density at radius 3 is 2.23 bits per heavy atom. The first-order chi connectivity index (χ1) is 5.88. The molecule has 0 fully saturated rings. The van der Waals surface area contributed by atoms with Crippen molar-refractivity contribution < 1.29 is 13.2 Å². The zero-order valence-electron chi connectivity index (χ0n) is 6.12. The maximum Gasteiger partial charge on any atom is 0.482 e. The molecule has 0 saturated heterocycles. The number of benzene rings is 1. The monoisotopic (exact) mass is 229 g/mol. The molecule has 1 aromatic carbocycles. The van der Waals surface area contributed by atoms with Crippen molar-refractivity contribution in [3.63, 3.8) is 0 Å². The largest absolute Gasteiger partial charge is 0.482 e. The molecule has 0 amide bonds. The topological polar surface area (TPSA) is 12.0 Å². The molecule has 0 saturated carbocycles. The van der Waals surface area contributed by atoms with Crippen molar-refractivity contribution >= 4 is 28.9 Å². The van der Waals surface area contributed by atoms with Crippen molar-refractivity contribution in [3.8, 4) is 0 Å². The number of alkyl halides is 3. The van der Waals surface area contributed by atoms with Crippen LogP contribution in [0.25, 0.3) is 0 Å². The third-order valence-corrected chi connectivity index (χ3v) is 1.76. The highest BCUT2D eigenvalue weighted by Gasteiger charge is 2.27. The van der Waals surface area contributed by atoms with E-state index < -0.39 is 6.30 Å². The van der Waals surface area contributed by atoms with Crippen LogP contribution in [0.2, 0.25) is 10.0 Å². The van der Waals surface area contributed by atoms with Crippen LogP contribution < -0.4 is 5.32 Å². The molecular weight excluding hydrogens is 226 g/mol. The Bertz CT molecular complexity index is 311. The van der Waals surface area contributed by atoms with Crippen molar-refractivity contribution in [3.05, 3.63) is 28.2 Å². The Morgan fingerprint density at radius 1 is 1.15 bits per heavy atom. The molecule has 1 aromatic rings. The van der Waals surface area contributed by atoms with Gasteiger partial charge in [-0.2, -0.15) is 13.2 Å². The zero-order valence-corrected chi connectivity index (χ0v) is 7.63. The molecule has 0 aromatic heterocycles. The van der Waals surface area contributed by atoms with E-state index in [0.29, 0.717) is 0 Å². The Labute approximate surface area is 82.4 Å². The maximum absolute atomic E-state index is 11.8. The van der Waals surface area contributed by atoms with Crippen molar-refractivity contribution in [2.24, 2.45) is 0 Å². The lowest BCUT2D eigenvalue weighted by Gasteiger charge is -2.10. The van der Waals surface area contributed by atoms with E-state index in [1.54, 1.807) is 0 Å². The van der Waals surface area contributed by atoms with Crippen molar-refractivity contribution in [2.45, 2.75) is 6.30 Å². The van der Waals surface area contributed by atoms with Gasteiger partial charge in [0.1, 0.15) is 0 Å². The smallest absolute Gasteiger partial charge is 0.296 e. The van der Waals surface area contributed by atoms with Gasteiger partial charge < -0.3 is 0 Å². The fourth-order valence-corrected chi connectivity index (χ4v) is 1.20. The van der Waals surface area contributed by atoms with E-state index in [-0.39, 0.29) is 15.7 Å². The van der Waals surface area contributed by atoms with Crippen LogP contribution in [-0.2, 0) is 0 Å². The Balaban J connectivity index is 2.90. The average molecular weight is 230 g/mol. The van der Waals surface area contributed by atoms with Gasteiger partial charge in [0.2, 0.25) is 0 Å². The quantitative estimate of drug-likeness (QED) is 0.720. The predicted octanol–water partition coefficient (Wildman–Crippen LogP) is 3.93. The highest BCUT2D eigenvalue weighted by molar-refractivity contribution is 6.36. The zero-order chi connectivity index (χ0) is 10.1. The third-order valence-electron chi connectivity index (χ3n) is 1.21. The predicted molar refractivity (Wildman–Crippen MR) is 46.1 cm³/mol. The van der Waals surface area contributed by atoms with Crippen LogP contribution in [-0.4, -0.2) is 6.30 Å². The highest BCUT2D eigenvalue weighted by Crippen LogP contribution is 2.29. The molecule has 1 N–H and O–H groups in total. The number of nitrogens with one attached hydrogen (secondary N) is 1. The van der Waals surface area contributed by atoms with Gasteiger partial charge >= 0.3 is 6.30 Å². The number of halogens is 5. The van der Waals surface area contributed by atoms with Crippen LogP contribution >= 0.6 is 23.2 Å². The van der Waals surface area contributed by atoms with Gasteiger partial charge in [-0.25, -0.2) is 0 Å². The number of rotatable bonds is 1. The highest BCUT2D eigenvalue weighted by atomic mass is 35.5. The molecule has 0 aliphatic rings. The van der Waals surface area contributed by atoms with Crippen LogP contribution in [0, 0.1) is 0 Å². The minimum absolute atomic E-state index is 0.0650. The second kappa shape index (κ2) is 3.64. The van der Waals surface area contributed by atoms with Gasteiger partial charge in [0.15, 0.2) is 0 Å². The van der Waals surface area contributed by atoms with Crippen LogP contribution in [0.15, 0.2) is 18.2 Å². The second-order valence-corrected chi connectivity index (χ2v) is 3.09. The first kappa shape index (κ1) is 10.5. The second-order valence-electron chi connectivity index (χ2n) is 2.25. The summed E-state index contributed by atoms with van der Waals surface area (Å²) < 4.78 is 35.5. The van der Waals surface area contributed by atoms with E-state index in [1.807, 2.05) is 0 Å². The summed E-state index contributed by atoms with van der Waals surface area (Å²) in [5, 5.41) is 1.51. The van der Waals surface area contributed by atoms with Gasteiger partial charge in [0.05, 0.1) is 10.7 Å². The van der Waals surface area contributed by atoms with E-state index >= 15 is 0 Å². The van der Waals surface area contributed by atoms with Crippen LogP contribution in [0.5, 0.6) is 0 Å². The van der Waals surface area contributed by atoms with E-state index in [9.17, 15) is 13.2 Å². The molecule has 0 aliphatic heterocycles. The fraction of sp³-hybridized carbons (Fsp3) is 0.143. The van der Waals surface area contributed by atoms with Crippen LogP contribution in [0.1, 0.15) is 0 Å². The average Bonchev–Trinajstić information content (AvgIpc) is 1.93. The maximum atomic E-state index is 11.8. The lowest BCUT2D eigenvalue weighted by molar-refractivity contribution is -0.0999. The van der Waals surface area contributed by atoms with Gasteiger partial charge in [-0.15, -0.1) is 0 Å². The molecule has 0 radical (unpaired) electrons. The van der Waals surface area contributed by atoms with Gasteiger partial charge in [-0.05, 0) is 18.2 Å². The molecule has 13 heavy (non-hydrogen) atoms. The summed E-state index contributed by atoms with van der Waals surface area (Å²) in [6.07, 6.45) is -4.49. The van der Waals surface area contributed by atoms with E-state index in [0.717, 1.165) is 6.07 Å². The first-order valence-corrected chi connectivity index (χ1v) is 3.94. The number of anilines is 1. The Morgan fingerprint density at radius 2 is 1.77 bits per heavy atom. The summed E-state index contributed by atoms with van der Waals surface area (Å²) in [5.74, 6) is 0. The van der Waals surface area contributed by atoms with Gasteiger partial charge in [0, 0.05) is 5.02 Å². The molecular formula is C7H4Cl2F3N. The summed E-state index contributed by atoms with van der Waals surface area (Å²) in [6.45, 7) is 0. The summed E-state index contributed by atoms with van der Waals surface area (Å²) >= 11 is 11.0. The molecule has 1 rings (SSSR count). The van der Waals surface area contributed by atoms with Gasteiger partial charge in [-0.1, -0.05) is 23.2 Å². The van der Waals surface area contributed by atoms with Crippen LogP contribution in [0.4, 0.5) is 18.9 Å². The normalized spacial score (nSPS) is 11.5. The van der Waals surface area contributed by atoms with E-state index in [1.165, 1.54) is 17.4 Å². The summed E-state index contributed by atoms with van der Waals surface area (Å²) in [4.78, 5) is 0. The van der Waals surface area contributed by atoms with Gasteiger partial charge in [0.25, 0.3) is 0 Å². The molecule has 0 aliphatic carbocycles. The Hall–Kier alpha value is -0.610. The standard InChI is InChI=1S/C7H4Cl2F3N/c8-4-1-2-6(5(9)3-4)13-7(10,11)12/h1-3,13H. The minimum atomic E-state index is -4.49. The number of hydrogen-bond donors (Lipinski definition) is 1. The molecule has 0 unspecified atom stereocenters. The third kappa shape index (κ3) is 3.32. The van der Waals surface area contributed by atoms with Crippen molar-refractivity contribution in [1.82, 2.24) is 0 Å². The first-order valence-electron chi connectivity index (χ1n) is 3.18. The SMILES string of the molecule is FC(F)(F)Nc1ccc(Cl)cc1Cl. The molecule has 0 heterocycles. The lowest BCUT2D eigenvalue weighted by Crippen LogP contribution is -2.20. The summed E-state index contributed by atoms with van der Waals surface area (Å²) in [5.41, 5.74) is -0.210. The molecule has 6 heteroatoms. The molecule has 72 valence electrons. The van der Waals surface area contributed by atoms with E-state index in [4.69, 9.17) is 23.2 Å². The lowest BCUT2D eigenvalue weighted by atomic mass is 10.3.